The van der Waals surface area contributed by atoms with Crippen LogP contribution in [0, 0.1) is 23.5 Å². The molecule has 0 aliphatic heterocycles. The molecule has 1 aliphatic rings. The maximum atomic E-state index is 14.8. The molecule has 0 aromatic heterocycles. The molecule has 2 aromatic carbocycles. The number of halogens is 5. The van der Waals surface area contributed by atoms with Crippen molar-refractivity contribution in [3.63, 3.8) is 0 Å². The Balaban J connectivity index is 1.64. The zero-order chi connectivity index (χ0) is 22.6. The van der Waals surface area contributed by atoms with Crippen LogP contribution in [-0.2, 0) is 0 Å². The Morgan fingerprint density at radius 2 is 1.65 bits per heavy atom. The van der Waals surface area contributed by atoms with Gasteiger partial charge in [-0.05, 0) is 72.8 Å². The van der Waals surface area contributed by atoms with Crippen LogP contribution in [0.15, 0.2) is 36.4 Å². The van der Waals surface area contributed by atoms with Crippen molar-refractivity contribution in [3.8, 4) is 16.9 Å². The van der Waals surface area contributed by atoms with Gasteiger partial charge in [0.1, 0.15) is 5.82 Å². The van der Waals surface area contributed by atoms with Gasteiger partial charge in [0.2, 0.25) is 0 Å². The molecular formula is C25H29F5O. The SMILES string of the molecule is CC(C)CCCC1CCC(c2ccc(-c3ccc(OC(F)(F)F)c(F)c3)c(F)c2)CC1. The summed E-state index contributed by atoms with van der Waals surface area (Å²) in [6.07, 6.45) is 3.17. The summed E-state index contributed by atoms with van der Waals surface area (Å²) < 4.78 is 69.3. The summed E-state index contributed by atoms with van der Waals surface area (Å²) in [5.41, 5.74) is 1.26. The van der Waals surface area contributed by atoms with E-state index >= 15 is 0 Å². The first-order valence-corrected chi connectivity index (χ1v) is 11.0. The summed E-state index contributed by atoms with van der Waals surface area (Å²) in [5, 5.41) is 0. The average molecular weight is 440 g/mol. The highest BCUT2D eigenvalue weighted by Gasteiger charge is 2.32. The minimum atomic E-state index is -4.98. The summed E-state index contributed by atoms with van der Waals surface area (Å²) >= 11 is 0. The predicted octanol–water partition coefficient (Wildman–Crippen LogP) is 8.63. The van der Waals surface area contributed by atoms with Gasteiger partial charge in [-0.1, -0.05) is 51.3 Å². The van der Waals surface area contributed by atoms with Crippen LogP contribution in [0.2, 0.25) is 0 Å². The van der Waals surface area contributed by atoms with Gasteiger partial charge >= 0.3 is 6.36 Å². The largest absolute Gasteiger partial charge is 0.573 e. The lowest BCUT2D eigenvalue weighted by Gasteiger charge is -2.29. The zero-order valence-corrected chi connectivity index (χ0v) is 17.9. The van der Waals surface area contributed by atoms with Gasteiger partial charge in [-0.3, -0.25) is 0 Å². The van der Waals surface area contributed by atoms with E-state index in [-0.39, 0.29) is 11.1 Å². The van der Waals surface area contributed by atoms with Gasteiger partial charge < -0.3 is 4.74 Å². The molecule has 3 rings (SSSR count). The molecular weight excluding hydrogens is 411 g/mol. The van der Waals surface area contributed by atoms with E-state index in [0.717, 1.165) is 55.2 Å². The average Bonchev–Trinajstić information content (AvgIpc) is 2.69. The van der Waals surface area contributed by atoms with Gasteiger partial charge in [-0.25, -0.2) is 8.78 Å². The molecule has 1 fully saturated rings. The third-order valence-corrected chi connectivity index (χ3v) is 6.17. The number of benzene rings is 2. The summed E-state index contributed by atoms with van der Waals surface area (Å²) in [7, 11) is 0. The van der Waals surface area contributed by atoms with Crippen molar-refractivity contribution in [3.05, 3.63) is 53.6 Å². The minimum absolute atomic E-state index is 0.156. The molecule has 0 saturated heterocycles. The van der Waals surface area contributed by atoms with E-state index in [1.807, 2.05) is 6.07 Å². The first-order valence-electron chi connectivity index (χ1n) is 11.0. The van der Waals surface area contributed by atoms with Crippen LogP contribution in [0.25, 0.3) is 11.1 Å². The summed E-state index contributed by atoms with van der Waals surface area (Å²) in [4.78, 5) is 0. The van der Waals surface area contributed by atoms with Crippen molar-refractivity contribution in [2.24, 2.45) is 11.8 Å². The van der Waals surface area contributed by atoms with Gasteiger partial charge in [0.25, 0.3) is 0 Å². The smallest absolute Gasteiger partial charge is 0.403 e. The Morgan fingerprint density at radius 3 is 2.23 bits per heavy atom. The van der Waals surface area contributed by atoms with E-state index in [2.05, 4.69) is 18.6 Å². The van der Waals surface area contributed by atoms with Crippen LogP contribution in [-0.4, -0.2) is 6.36 Å². The maximum Gasteiger partial charge on any atom is 0.573 e. The predicted molar refractivity (Wildman–Crippen MR) is 112 cm³/mol. The normalized spacial score (nSPS) is 19.6. The molecule has 0 spiro atoms. The molecule has 0 atom stereocenters. The van der Waals surface area contributed by atoms with Crippen LogP contribution in [0.4, 0.5) is 22.0 Å². The molecule has 0 amide bonds. The maximum absolute atomic E-state index is 14.8. The van der Waals surface area contributed by atoms with E-state index in [0.29, 0.717) is 5.92 Å². The standard InChI is InChI=1S/C25H29F5O/c1-16(2)4-3-5-17-6-8-18(9-7-17)19-10-12-21(22(26)14-19)20-11-13-24(23(27)15-20)31-25(28,29)30/h10-18H,3-9H2,1-2H3. The quantitative estimate of drug-likeness (QED) is 0.392. The minimum Gasteiger partial charge on any atom is -0.403 e. The Hall–Kier alpha value is -2.11. The van der Waals surface area contributed by atoms with E-state index in [1.165, 1.54) is 31.4 Å². The third-order valence-electron chi connectivity index (χ3n) is 6.17. The molecule has 0 unspecified atom stereocenters. The van der Waals surface area contributed by atoms with Crippen LogP contribution in [0.3, 0.4) is 0 Å². The number of hydrogen-bond acceptors (Lipinski definition) is 1. The second-order valence-electron chi connectivity index (χ2n) is 8.97. The molecule has 1 aliphatic carbocycles. The molecule has 6 heteroatoms. The van der Waals surface area contributed by atoms with Crippen LogP contribution in [0.1, 0.15) is 70.3 Å². The van der Waals surface area contributed by atoms with Crippen molar-refractivity contribution in [2.45, 2.75) is 71.1 Å². The van der Waals surface area contributed by atoms with E-state index in [4.69, 9.17) is 0 Å². The van der Waals surface area contributed by atoms with E-state index in [1.54, 1.807) is 6.07 Å². The summed E-state index contributed by atoms with van der Waals surface area (Å²) in [6, 6.07) is 7.87. The van der Waals surface area contributed by atoms with Gasteiger partial charge in [-0.15, -0.1) is 13.2 Å². The third kappa shape index (κ3) is 6.68. The fourth-order valence-corrected chi connectivity index (χ4v) is 4.49. The Labute approximate surface area is 180 Å². The second kappa shape index (κ2) is 10.0. The van der Waals surface area contributed by atoms with Crippen molar-refractivity contribution in [1.29, 1.82) is 0 Å². The summed E-state index contributed by atoms with van der Waals surface area (Å²) in [6.45, 7) is 4.49. The molecule has 0 N–H and O–H groups in total. The van der Waals surface area contributed by atoms with Crippen LogP contribution in [0.5, 0.6) is 5.75 Å². The molecule has 0 heterocycles. The summed E-state index contributed by atoms with van der Waals surface area (Å²) in [5.74, 6) is -0.823. The lowest BCUT2D eigenvalue weighted by Crippen LogP contribution is -2.17. The highest BCUT2D eigenvalue weighted by atomic mass is 19.4. The first kappa shape index (κ1) is 23.6. The fraction of sp³-hybridized carbons (Fsp3) is 0.520. The van der Waals surface area contributed by atoms with Crippen LogP contribution >= 0.6 is 0 Å². The molecule has 1 saturated carbocycles. The monoisotopic (exact) mass is 440 g/mol. The molecule has 1 nitrogen and oxygen atoms in total. The molecule has 2 aromatic rings. The lowest BCUT2D eigenvalue weighted by molar-refractivity contribution is -0.275. The Bertz CT molecular complexity index is 867. The van der Waals surface area contributed by atoms with Gasteiger partial charge in [-0.2, -0.15) is 0 Å². The van der Waals surface area contributed by atoms with Crippen molar-refractivity contribution >= 4 is 0 Å². The lowest BCUT2D eigenvalue weighted by atomic mass is 9.76. The van der Waals surface area contributed by atoms with E-state index in [9.17, 15) is 22.0 Å². The fourth-order valence-electron chi connectivity index (χ4n) is 4.49. The van der Waals surface area contributed by atoms with Gasteiger partial charge in [0, 0.05) is 5.56 Å². The Morgan fingerprint density at radius 1 is 0.935 bits per heavy atom. The molecule has 31 heavy (non-hydrogen) atoms. The van der Waals surface area contributed by atoms with E-state index < -0.39 is 23.7 Å². The molecule has 0 bridgehead atoms. The molecule has 170 valence electrons. The van der Waals surface area contributed by atoms with Gasteiger partial charge in [0.15, 0.2) is 11.6 Å². The van der Waals surface area contributed by atoms with Crippen molar-refractivity contribution in [2.75, 3.05) is 0 Å². The van der Waals surface area contributed by atoms with Crippen LogP contribution < -0.4 is 4.74 Å². The van der Waals surface area contributed by atoms with Crippen molar-refractivity contribution in [1.82, 2.24) is 0 Å². The number of rotatable bonds is 7. The number of hydrogen-bond donors (Lipinski definition) is 0. The highest BCUT2D eigenvalue weighted by molar-refractivity contribution is 5.65. The molecule has 0 radical (unpaired) electrons. The first-order chi connectivity index (χ1) is 14.6. The Kier molecular flexibility index (Phi) is 7.60. The number of ether oxygens (including phenoxy) is 1. The van der Waals surface area contributed by atoms with Crippen molar-refractivity contribution < 1.29 is 26.7 Å². The van der Waals surface area contributed by atoms with Gasteiger partial charge in [0.05, 0.1) is 0 Å². The zero-order valence-electron chi connectivity index (χ0n) is 17.9. The topological polar surface area (TPSA) is 9.23 Å². The highest BCUT2D eigenvalue weighted by Crippen LogP contribution is 2.39. The second-order valence-corrected chi connectivity index (χ2v) is 8.97. The number of alkyl halides is 3.